The van der Waals surface area contributed by atoms with Crippen molar-refractivity contribution in [2.24, 2.45) is 0 Å². The van der Waals surface area contributed by atoms with Crippen LogP contribution in [0.4, 0.5) is 10.5 Å². The summed E-state index contributed by atoms with van der Waals surface area (Å²) in [4.78, 5) is 54.1. The highest BCUT2D eigenvalue weighted by molar-refractivity contribution is 6.13. The van der Waals surface area contributed by atoms with E-state index in [1.807, 2.05) is 31.2 Å². The summed E-state index contributed by atoms with van der Waals surface area (Å²) < 4.78 is 5.87. The maximum Gasteiger partial charge on any atom is 0.534 e. The van der Waals surface area contributed by atoms with Gasteiger partial charge in [-0.1, -0.05) is 29.8 Å². The Morgan fingerprint density at radius 3 is 2.24 bits per heavy atom. The number of nitrogens with zero attached hydrogens (tertiary/aromatic N) is 2. The molecule has 11 nitrogen and oxygen atoms in total. The van der Waals surface area contributed by atoms with Gasteiger partial charge < -0.3 is 20.3 Å². The molecule has 2 aliphatic rings. The minimum Gasteiger partial charge on any atom is -0.492 e. The molecule has 38 heavy (non-hydrogen) atoms. The molecule has 0 saturated carbocycles. The molecule has 0 saturated heterocycles. The Hall–Kier alpha value is -5.06. The van der Waals surface area contributed by atoms with Gasteiger partial charge in [-0.15, -0.1) is 4.73 Å². The van der Waals surface area contributed by atoms with E-state index in [1.165, 1.54) is 12.2 Å². The van der Waals surface area contributed by atoms with Gasteiger partial charge in [-0.2, -0.15) is 0 Å². The third-order valence-corrected chi connectivity index (χ3v) is 6.38. The number of aryl methyl sites for hydroxylation is 1. The summed E-state index contributed by atoms with van der Waals surface area (Å²) in [6, 6.07) is 13.7. The number of fused-ring (bicyclic) bond motifs is 3. The van der Waals surface area contributed by atoms with Crippen molar-refractivity contribution >= 4 is 29.6 Å². The van der Waals surface area contributed by atoms with E-state index in [9.17, 15) is 29.4 Å². The highest BCUT2D eigenvalue weighted by Gasteiger charge is 2.31. The number of imide groups is 1. The summed E-state index contributed by atoms with van der Waals surface area (Å²) >= 11 is 0. The zero-order valence-corrected chi connectivity index (χ0v) is 20.2. The monoisotopic (exact) mass is 517 g/mol. The van der Waals surface area contributed by atoms with Gasteiger partial charge in [-0.3, -0.25) is 24.1 Å². The van der Waals surface area contributed by atoms with Gasteiger partial charge in [0.2, 0.25) is 17.7 Å². The molecule has 194 valence electrons. The van der Waals surface area contributed by atoms with Crippen LogP contribution >= 0.6 is 0 Å². The molecule has 0 radical (unpaired) electrons. The Balaban J connectivity index is 1.31. The number of hydrogen-bond acceptors (Lipinski definition) is 8. The van der Waals surface area contributed by atoms with Crippen molar-refractivity contribution in [2.75, 3.05) is 18.5 Å². The summed E-state index contributed by atoms with van der Waals surface area (Å²) in [6.45, 7) is 1.82. The fourth-order valence-electron chi connectivity index (χ4n) is 4.57. The Kier molecular flexibility index (Phi) is 6.33. The van der Waals surface area contributed by atoms with Gasteiger partial charge >= 0.3 is 6.16 Å². The molecule has 1 aromatic heterocycles. The van der Waals surface area contributed by atoms with Crippen molar-refractivity contribution in [2.45, 2.75) is 19.3 Å². The predicted molar refractivity (Wildman–Crippen MR) is 133 cm³/mol. The van der Waals surface area contributed by atoms with Crippen molar-refractivity contribution in [1.29, 1.82) is 0 Å². The van der Waals surface area contributed by atoms with Gasteiger partial charge in [0.05, 0.1) is 0 Å². The van der Waals surface area contributed by atoms with E-state index >= 15 is 0 Å². The Labute approximate surface area is 216 Å². The lowest BCUT2D eigenvalue weighted by molar-refractivity contribution is -0.137. The number of aromatic nitrogens is 1. The van der Waals surface area contributed by atoms with Crippen molar-refractivity contribution in [3.8, 4) is 22.9 Å². The average molecular weight is 517 g/mol. The second kappa shape index (κ2) is 9.77. The number of aromatic hydroxyl groups is 2. The largest absolute Gasteiger partial charge is 0.534 e. The predicted octanol–water partition coefficient (Wildman–Crippen LogP) is 2.84. The Bertz CT molecular complexity index is 1470. The summed E-state index contributed by atoms with van der Waals surface area (Å²) in [7, 11) is 0. The van der Waals surface area contributed by atoms with Crippen LogP contribution in [0, 0.1) is 6.92 Å². The first-order valence-corrected chi connectivity index (χ1v) is 11.7. The first-order chi connectivity index (χ1) is 18.2. The third kappa shape index (κ3) is 4.69. The van der Waals surface area contributed by atoms with Gasteiger partial charge in [0.25, 0.3) is 11.8 Å². The van der Waals surface area contributed by atoms with E-state index in [4.69, 9.17) is 9.57 Å². The summed E-state index contributed by atoms with van der Waals surface area (Å²) in [5.74, 6) is -2.58. The van der Waals surface area contributed by atoms with Crippen molar-refractivity contribution in [3.05, 3.63) is 77.4 Å². The van der Waals surface area contributed by atoms with Gasteiger partial charge in [-0.25, -0.2) is 4.79 Å². The minimum atomic E-state index is -1.13. The SMILES string of the molecule is Cc1ccc2c(c1)C(COC(=O)On1c(O)ccc1O)c1cc(NC(=O)CCN3C(=O)C=CC3=O)ccc1-2. The molecule has 1 aliphatic carbocycles. The normalized spacial score (nSPS) is 15.4. The van der Waals surface area contributed by atoms with Crippen LogP contribution in [0.2, 0.25) is 0 Å². The highest BCUT2D eigenvalue weighted by Crippen LogP contribution is 2.46. The topological polar surface area (TPSA) is 147 Å². The number of nitrogens with one attached hydrogen (secondary N) is 1. The van der Waals surface area contributed by atoms with E-state index in [2.05, 4.69) is 5.32 Å². The third-order valence-electron chi connectivity index (χ3n) is 6.38. The number of anilines is 1. The van der Waals surface area contributed by atoms with E-state index in [-0.39, 0.29) is 31.4 Å². The average Bonchev–Trinajstić information content (AvgIpc) is 3.49. The lowest BCUT2D eigenvalue weighted by Gasteiger charge is -2.16. The molecule has 0 spiro atoms. The Morgan fingerprint density at radius 2 is 1.55 bits per heavy atom. The fraction of sp³-hybridized carbons (Fsp3) is 0.185. The standard InChI is InChI=1S/C27H23N3O8/c1-15-2-4-17-18-5-3-16(28-22(31)10-11-29-23(32)6-7-24(29)33)13-20(18)21(19(17)12-15)14-37-27(36)38-30-25(34)8-9-26(30)35/h2-9,12-13,21,34-35H,10-11,14H2,1H3,(H,28,31). The molecule has 2 heterocycles. The number of ether oxygens (including phenoxy) is 1. The van der Waals surface area contributed by atoms with E-state index in [0.717, 1.165) is 44.8 Å². The van der Waals surface area contributed by atoms with Crippen molar-refractivity contribution < 1.29 is 39.0 Å². The molecule has 3 aromatic rings. The summed E-state index contributed by atoms with van der Waals surface area (Å²) in [5.41, 5.74) is 5.15. The molecule has 1 atom stereocenters. The lowest BCUT2D eigenvalue weighted by Crippen LogP contribution is -2.33. The van der Waals surface area contributed by atoms with Crippen molar-refractivity contribution in [1.82, 2.24) is 9.63 Å². The zero-order valence-electron chi connectivity index (χ0n) is 20.2. The van der Waals surface area contributed by atoms with Gasteiger partial charge in [0.1, 0.15) is 6.61 Å². The van der Waals surface area contributed by atoms with Gasteiger partial charge in [-0.05, 0) is 41.3 Å². The summed E-state index contributed by atoms with van der Waals surface area (Å²) in [6.07, 6.45) is 1.15. The molecular formula is C27H23N3O8. The van der Waals surface area contributed by atoms with Crippen LogP contribution in [-0.2, 0) is 19.1 Å². The molecule has 5 rings (SSSR count). The van der Waals surface area contributed by atoms with Crippen LogP contribution in [0.1, 0.15) is 29.0 Å². The first-order valence-electron chi connectivity index (χ1n) is 11.7. The quantitative estimate of drug-likeness (QED) is 0.320. The van der Waals surface area contributed by atoms with Crippen LogP contribution < -0.4 is 10.2 Å². The van der Waals surface area contributed by atoms with Crippen LogP contribution in [0.25, 0.3) is 11.1 Å². The van der Waals surface area contributed by atoms with E-state index in [1.54, 1.807) is 12.1 Å². The maximum absolute atomic E-state index is 12.5. The van der Waals surface area contributed by atoms with Crippen LogP contribution in [0.15, 0.2) is 60.7 Å². The van der Waals surface area contributed by atoms with Crippen molar-refractivity contribution in [3.63, 3.8) is 0 Å². The molecule has 2 aromatic carbocycles. The zero-order chi connectivity index (χ0) is 27.0. The molecule has 3 amide bonds. The number of amides is 3. The molecule has 1 aliphatic heterocycles. The lowest BCUT2D eigenvalue weighted by atomic mass is 9.96. The van der Waals surface area contributed by atoms with Gasteiger partial charge in [0, 0.05) is 48.9 Å². The maximum atomic E-state index is 12.5. The molecule has 0 fully saturated rings. The second-order valence-corrected chi connectivity index (χ2v) is 8.90. The minimum absolute atomic E-state index is 0.0305. The number of benzene rings is 2. The summed E-state index contributed by atoms with van der Waals surface area (Å²) in [5, 5.41) is 22.1. The fourth-order valence-corrected chi connectivity index (χ4v) is 4.57. The van der Waals surface area contributed by atoms with Crippen LogP contribution in [0.3, 0.4) is 0 Å². The van der Waals surface area contributed by atoms with E-state index in [0.29, 0.717) is 10.4 Å². The smallest absolute Gasteiger partial charge is 0.492 e. The first kappa shape index (κ1) is 24.6. The number of rotatable bonds is 7. The highest BCUT2D eigenvalue weighted by atomic mass is 16.8. The number of carbonyl (C=O) groups excluding carboxylic acids is 4. The van der Waals surface area contributed by atoms with Crippen LogP contribution in [0.5, 0.6) is 11.8 Å². The van der Waals surface area contributed by atoms with Gasteiger partial charge in [0.15, 0.2) is 0 Å². The molecule has 1 unspecified atom stereocenters. The molecule has 0 bridgehead atoms. The molecule has 3 N–H and O–H groups in total. The Morgan fingerprint density at radius 1 is 0.921 bits per heavy atom. The van der Waals surface area contributed by atoms with E-state index < -0.39 is 29.7 Å². The number of hydrogen-bond donors (Lipinski definition) is 3. The van der Waals surface area contributed by atoms with Crippen LogP contribution in [-0.4, -0.2) is 56.9 Å². The molecular weight excluding hydrogens is 494 g/mol. The molecule has 11 heteroatoms. The second-order valence-electron chi connectivity index (χ2n) is 8.90. The number of carbonyl (C=O) groups is 4.